The van der Waals surface area contributed by atoms with Gasteiger partial charge < -0.3 is 20.2 Å². The number of benzene rings is 1. The van der Waals surface area contributed by atoms with Gasteiger partial charge in [0.15, 0.2) is 0 Å². The van der Waals surface area contributed by atoms with E-state index in [0.717, 1.165) is 0 Å². The second kappa shape index (κ2) is 9.90. The number of furan rings is 1. The molecule has 0 aliphatic heterocycles. The Morgan fingerprint density at radius 1 is 1.32 bits per heavy atom. The number of nitrogens with two attached hydrogens (primary N) is 1. The molecule has 0 saturated carbocycles. The zero-order valence-electron chi connectivity index (χ0n) is 16.3. The first-order chi connectivity index (χ1) is 15.0. The van der Waals surface area contributed by atoms with Gasteiger partial charge >= 0.3 is 0 Å². The van der Waals surface area contributed by atoms with Crippen LogP contribution in [-0.4, -0.2) is 23.8 Å². The first-order valence-electron chi connectivity index (χ1n) is 8.92. The van der Waals surface area contributed by atoms with Crippen molar-refractivity contribution in [3.63, 3.8) is 0 Å². The van der Waals surface area contributed by atoms with Gasteiger partial charge in [0.1, 0.15) is 40.1 Å². The number of hydrogen-bond donors (Lipinski definition) is 2. The van der Waals surface area contributed by atoms with Crippen LogP contribution in [0.15, 0.2) is 46.0 Å². The van der Waals surface area contributed by atoms with E-state index in [-0.39, 0.29) is 34.8 Å². The number of methoxy groups -OCH3 is 1. The maximum atomic E-state index is 12.4. The number of nitrogens with one attached hydrogen (secondary N) is 1. The van der Waals surface area contributed by atoms with Crippen LogP contribution in [0.3, 0.4) is 0 Å². The molecule has 156 valence electrons. The third-order valence-electron chi connectivity index (χ3n) is 4.19. The minimum atomic E-state index is -0.264. The number of thioether (sulfide) groups is 1. The molecule has 2 aromatic heterocycles. The molecule has 2 heterocycles. The molecule has 0 spiro atoms. The van der Waals surface area contributed by atoms with E-state index in [2.05, 4.69) is 16.4 Å². The summed E-state index contributed by atoms with van der Waals surface area (Å²) in [7, 11) is 1.50. The molecule has 0 atom stereocenters. The number of anilines is 2. The molecular weight excluding hydrogens is 438 g/mol. The van der Waals surface area contributed by atoms with Crippen LogP contribution in [0.25, 0.3) is 11.3 Å². The van der Waals surface area contributed by atoms with Crippen LogP contribution in [0.5, 0.6) is 5.75 Å². The van der Waals surface area contributed by atoms with Crippen molar-refractivity contribution in [2.24, 2.45) is 0 Å². The third kappa shape index (κ3) is 4.92. The molecule has 1 amide bonds. The Kier molecular flexibility index (Phi) is 7.03. The number of carbonyl (C=O) groups excluding carboxylic acids is 1. The fourth-order valence-corrected chi connectivity index (χ4v) is 3.91. The molecule has 0 radical (unpaired) electrons. The van der Waals surface area contributed by atoms with Crippen molar-refractivity contribution < 1.29 is 13.9 Å². The van der Waals surface area contributed by atoms with E-state index in [1.165, 1.54) is 25.1 Å². The summed E-state index contributed by atoms with van der Waals surface area (Å²) < 4.78 is 10.6. The summed E-state index contributed by atoms with van der Waals surface area (Å²) in [5, 5.41) is 22.7. The van der Waals surface area contributed by atoms with Crippen molar-refractivity contribution >= 4 is 40.8 Å². The Hall–Kier alpha value is -3.66. The molecule has 8 nitrogen and oxygen atoms in total. The molecule has 31 heavy (non-hydrogen) atoms. The summed E-state index contributed by atoms with van der Waals surface area (Å²) in [6.07, 6.45) is 1.57. The maximum Gasteiger partial charge on any atom is 0.225 e. The van der Waals surface area contributed by atoms with Crippen LogP contribution in [0.1, 0.15) is 17.5 Å². The molecule has 0 saturated heterocycles. The Morgan fingerprint density at radius 2 is 2.10 bits per heavy atom. The van der Waals surface area contributed by atoms with Gasteiger partial charge in [0.2, 0.25) is 5.91 Å². The molecule has 0 bridgehead atoms. The first-order valence-corrected chi connectivity index (χ1v) is 10.3. The van der Waals surface area contributed by atoms with Crippen molar-refractivity contribution in [3.05, 3.63) is 52.7 Å². The number of nitrogens with zero attached hydrogens (tertiary/aromatic N) is 3. The number of amides is 1. The quantitative estimate of drug-likeness (QED) is 0.500. The normalized spacial score (nSPS) is 10.2. The summed E-state index contributed by atoms with van der Waals surface area (Å²) in [5.74, 6) is 0.874. The number of pyridine rings is 1. The molecule has 0 unspecified atom stereocenters. The first kappa shape index (κ1) is 22.0. The van der Waals surface area contributed by atoms with Gasteiger partial charge in [0.05, 0.1) is 30.2 Å². The van der Waals surface area contributed by atoms with Gasteiger partial charge in [-0.1, -0.05) is 11.6 Å². The maximum absolute atomic E-state index is 12.4. The van der Waals surface area contributed by atoms with Crippen LogP contribution >= 0.6 is 23.4 Å². The van der Waals surface area contributed by atoms with Gasteiger partial charge in [-0.2, -0.15) is 10.5 Å². The second-order valence-electron chi connectivity index (χ2n) is 6.12. The lowest BCUT2D eigenvalue weighted by Crippen LogP contribution is -2.13. The number of carbonyl (C=O) groups is 1. The third-order valence-corrected chi connectivity index (χ3v) is 5.40. The van der Waals surface area contributed by atoms with E-state index in [1.54, 1.807) is 30.3 Å². The van der Waals surface area contributed by atoms with Crippen molar-refractivity contribution in [2.75, 3.05) is 23.9 Å². The Labute approximate surface area is 187 Å². The van der Waals surface area contributed by atoms with Crippen LogP contribution in [-0.2, 0) is 4.79 Å². The molecule has 3 N–H and O–H groups in total. The molecular formula is C21H16ClN5O3S. The number of nitriles is 2. The highest BCUT2D eigenvalue weighted by molar-refractivity contribution is 7.99. The predicted molar refractivity (Wildman–Crippen MR) is 118 cm³/mol. The Bertz CT molecular complexity index is 1200. The highest BCUT2D eigenvalue weighted by Gasteiger charge is 2.22. The lowest BCUT2D eigenvalue weighted by molar-refractivity contribution is -0.115. The van der Waals surface area contributed by atoms with Crippen LogP contribution in [0, 0.1) is 22.7 Å². The molecule has 0 aliphatic carbocycles. The largest absolute Gasteiger partial charge is 0.495 e. The summed E-state index contributed by atoms with van der Waals surface area (Å²) in [5.41, 5.74) is 6.93. The number of halogens is 1. The summed E-state index contributed by atoms with van der Waals surface area (Å²) in [4.78, 5) is 16.6. The topological polar surface area (TPSA) is 138 Å². The van der Waals surface area contributed by atoms with E-state index in [4.69, 9.17) is 26.5 Å². The second-order valence-corrected chi connectivity index (χ2v) is 7.64. The minimum Gasteiger partial charge on any atom is -0.495 e. The highest BCUT2D eigenvalue weighted by atomic mass is 35.5. The summed E-state index contributed by atoms with van der Waals surface area (Å²) in [6, 6.07) is 12.2. The van der Waals surface area contributed by atoms with Crippen molar-refractivity contribution in [1.82, 2.24) is 4.98 Å². The minimum absolute atomic E-state index is 0.0106. The van der Waals surface area contributed by atoms with Gasteiger partial charge in [-0.3, -0.25) is 4.79 Å². The van der Waals surface area contributed by atoms with E-state index in [9.17, 15) is 15.3 Å². The number of aromatic nitrogens is 1. The van der Waals surface area contributed by atoms with Crippen LogP contribution < -0.4 is 15.8 Å². The van der Waals surface area contributed by atoms with Gasteiger partial charge in [-0.05, 0) is 30.3 Å². The summed E-state index contributed by atoms with van der Waals surface area (Å²) in [6.45, 7) is 0. The van der Waals surface area contributed by atoms with Crippen LogP contribution in [0.4, 0.5) is 11.5 Å². The molecule has 0 aliphatic rings. The molecule has 0 fully saturated rings. The molecule has 3 rings (SSSR count). The number of ether oxygens (including phenoxy) is 1. The van der Waals surface area contributed by atoms with E-state index < -0.39 is 0 Å². The molecule has 10 heteroatoms. The Balaban J connectivity index is 1.77. The van der Waals surface area contributed by atoms with Crippen molar-refractivity contribution in [3.8, 4) is 29.2 Å². The monoisotopic (exact) mass is 453 g/mol. The zero-order chi connectivity index (χ0) is 22.4. The van der Waals surface area contributed by atoms with Crippen LogP contribution in [0.2, 0.25) is 5.02 Å². The van der Waals surface area contributed by atoms with Crippen molar-refractivity contribution in [2.45, 2.75) is 11.4 Å². The zero-order valence-corrected chi connectivity index (χ0v) is 17.9. The average molecular weight is 454 g/mol. The van der Waals surface area contributed by atoms with E-state index in [1.807, 2.05) is 6.07 Å². The Morgan fingerprint density at radius 3 is 2.74 bits per heavy atom. The predicted octanol–water partition coefficient (Wildman–Crippen LogP) is 4.45. The van der Waals surface area contributed by atoms with Gasteiger partial charge in [-0.15, -0.1) is 11.8 Å². The summed E-state index contributed by atoms with van der Waals surface area (Å²) >= 11 is 7.16. The van der Waals surface area contributed by atoms with Gasteiger partial charge in [-0.25, -0.2) is 4.98 Å². The lowest BCUT2D eigenvalue weighted by atomic mass is 10.0. The standard InChI is InChI=1S/C21H16ClN5O3S/c1-29-16-5-4-12(22)9-15(16)26-18(28)6-8-31-21-14(11-24)19(17-3-2-7-30-17)13(10-23)20(25)27-21/h2-5,7,9H,6,8H2,1H3,(H2,25,27)(H,26,28). The van der Waals surface area contributed by atoms with Crippen molar-refractivity contribution in [1.29, 1.82) is 10.5 Å². The average Bonchev–Trinajstić information content (AvgIpc) is 3.28. The fourth-order valence-electron chi connectivity index (χ4n) is 2.80. The SMILES string of the molecule is COc1ccc(Cl)cc1NC(=O)CCSc1nc(N)c(C#N)c(-c2ccco2)c1C#N. The van der Waals surface area contributed by atoms with Gasteiger partial charge in [0, 0.05) is 17.2 Å². The molecule has 1 aromatic carbocycles. The number of hydrogen-bond acceptors (Lipinski definition) is 8. The van der Waals surface area contributed by atoms with E-state index in [0.29, 0.717) is 33.0 Å². The van der Waals surface area contributed by atoms with Gasteiger partial charge in [0.25, 0.3) is 0 Å². The molecule has 3 aromatic rings. The fraction of sp³-hybridized carbons (Fsp3) is 0.143. The van der Waals surface area contributed by atoms with E-state index >= 15 is 0 Å². The highest BCUT2D eigenvalue weighted by Crippen LogP contribution is 2.36. The number of rotatable bonds is 7. The smallest absolute Gasteiger partial charge is 0.225 e. The number of nitrogen functional groups attached to an aromatic ring is 1. The lowest BCUT2D eigenvalue weighted by Gasteiger charge is -2.12.